The number of rotatable bonds is 8. The fourth-order valence-electron chi connectivity index (χ4n) is 2.20. The first kappa shape index (κ1) is 17.5. The molecule has 0 bridgehead atoms. The van der Waals surface area contributed by atoms with Crippen molar-refractivity contribution < 1.29 is 9.53 Å². The zero-order chi connectivity index (χ0) is 16.7. The molecule has 0 spiro atoms. The van der Waals surface area contributed by atoms with Crippen molar-refractivity contribution in [3.05, 3.63) is 41.2 Å². The molecule has 1 heterocycles. The maximum atomic E-state index is 12.3. The van der Waals surface area contributed by atoms with Gasteiger partial charge in [0.2, 0.25) is 0 Å². The third kappa shape index (κ3) is 4.56. The summed E-state index contributed by atoms with van der Waals surface area (Å²) >= 11 is 1.59. The highest BCUT2D eigenvalue weighted by Gasteiger charge is 2.13. The smallest absolute Gasteiger partial charge is 0.251 e. The van der Waals surface area contributed by atoms with Crippen LogP contribution in [0.3, 0.4) is 0 Å². The van der Waals surface area contributed by atoms with Gasteiger partial charge in [0, 0.05) is 31.5 Å². The van der Waals surface area contributed by atoms with E-state index in [0.717, 1.165) is 23.1 Å². The summed E-state index contributed by atoms with van der Waals surface area (Å²) in [6.45, 7) is 5.84. The first-order valence-corrected chi connectivity index (χ1v) is 8.53. The summed E-state index contributed by atoms with van der Waals surface area (Å²) < 4.78 is 7.02. The summed E-state index contributed by atoms with van der Waals surface area (Å²) in [5.74, 6) is 1.50. The van der Waals surface area contributed by atoms with E-state index in [0.29, 0.717) is 24.5 Å². The fraction of sp³-hybridized carbons (Fsp3) is 0.438. The van der Waals surface area contributed by atoms with Gasteiger partial charge < -0.3 is 14.6 Å². The quantitative estimate of drug-likeness (QED) is 0.592. The Kier molecular flexibility index (Phi) is 6.61. The van der Waals surface area contributed by atoms with Crippen molar-refractivity contribution >= 4 is 17.7 Å². The van der Waals surface area contributed by atoms with Crippen molar-refractivity contribution in [1.82, 2.24) is 20.1 Å². The van der Waals surface area contributed by atoms with Crippen LogP contribution in [0.25, 0.3) is 0 Å². The topological polar surface area (TPSA) is 69.0 Å². The minimum Gasteiger partial charge on any atom is -0.383 e. The summed E-state index contributed by atoms with van der Waals surface area (Å²) in [7, 11) is 1.61. The van der Waals surface area contributed by atoms with Crippen molar-refractivity contribution in [2.24, 2.45) is 0 Å². The maximum absolute atomic E-state index is 12.3. The van der Waals surface area contributed by atoms with Crippen LogP contribution in [0.1, 0.15) is 28.7 Å². The molecule has 0 fully saturated rings. The molecule has 0 aliphatic rings. The van der Waals surface area contributed by atoms with Crippen molar-refractivity contribution in [3.8, 4) is 0 Å². The van der Waals surface area contributed by atoms with E-state index in [1.54, 1.807) is 18.9 Å². The van der Waals surface area contributed by atoms with Crippen LogP contribution in [0.4, 0.5) is 0 Å². The third-order valence-electron chi connectivity index (χ3n) is 3.43. The van der Waals surface area contributed by atoms with Crippen molar-refractivity contribution in [2.45, 2.75) is 31.3 Å². The van der Waals surface area contributed by atoms with Gasteiger partial charge in [-0.2, -0.15) is 0 Å². The SMILES string of the molecule is CCn1c(C)nnc1SCc1ccccc1C(=O)NCCOC. The monoisotopic (exact) mass is 334 g/mol. The molecule has 2 rings (SSSR count). The Morgan fingerprint density at radius 3 is 2.87 bits per heavy atom. The molecule has 2 aromatic rings. The molecule has 0 aliphatic heterocycles. The molecule has 1 aromatic carbocycles. The van der Waals surface area contributed by atoms with Gasteiger partial charge in [0.15, 0.2) is 5.16 Å². The van der Waals surface area contributed by atoms with E-state index in [1.165, 1.54) is 0 Å². The molecule has 0 atom stereocenters. The predicted octanol–water partition coefficient (Wildman–Crippen LogP) is 2.27. The van der Waals surface area contributed by atoms with Crippen molar-refractivity contribution in [3.63, 3.8) is 0 Å². The van der Waals surface area contributed by atoms with Gasteiger partial charge >= 0.3 is 0 Å². The van der Waals surface area contributed by atoms with Gasteiger partial charge in [-0.25, -0.2) is 0 Å². The van der Waals surface area contributed by atoms with Gasteiger partial charge in [0.1, 0.15) is 5.82 Å². The van der Waals surface area contributed by atoms with Gasteiger partial charge in [0.05, 0.1) is 6.61 Å². The number of amides is 1. The van der Waals surface area contributed by atoms with Crippen LogP contribution in [-0.2, 0) is 17.0 Å². The number of aryl methyl sites for hydroxylation is 1. The van der Waals surface area contributed by atoms with E-state index in [1.807, 2.05) is 31.2 Å². The molecule has 0 unspecified atom stereocenters. The van der Waals surface area contributed by atoms with E-state index >= 15 is 0 Å². The second-order valence-electron chi connectivity index (χ2n) is 4.97. The molecule has 1 N–H and O–H groups in total. The second kappa shape index (κ2) is 8.69. The maximum Gasteiger partial charge on any atom is 0.251 e. The van der Waals surface area contributed by atoms with Crippen molar-refractivity contribution in [2.75, 3.05) is 20.3 Å². The molecule has 23 heavy (non-hydrogen) atoms. The standard InChI is InChI=1S/C16H22N4O2S/c1-4-20-12(2)18-19-16(20)23-11-13-7-5-6-8-14(13)15(21)17-9-10-22-3/h5-8H,4,9-11H2,1-3H3,(H,17,21). The number of methoxy groups -OCH3 is 1. The molecule has 0 radical (unpaired) electrons. The number of carbonyl (C=O) groups is 1. The zero-order valence-electron chi connectivity index (χ0n) is 13.7. The highest BCUT2D eigenvalue weighted by molar-refractivity contribution is 7.98. The Morgan fingerprint density at radius 1 is 1.35 bits per heavy atom. The van der Waals surface area contributed by atoms with Gasteiger partial charge in [-0.1, -0.05) is 30.0 Å². The van der Waals surface area contributed by atoms with E-state index in [4.69, 9.17) is 4.74 Å². The number of benzene rings is 1. The van der Waals surface area contributed by atoms with E-state index < -0.39 is 0 Å². The van der Waals surface area contributed by atoms with E-state index in [-0.39, 0.29) is 5.91 Å². The molecule has 0 saturated heterocycles. The summed E-state index contributed by atoms with van der Waals surface area (Å²) in [5, 5.41) is 12.0. The van der Waals surface area contributed by atoms with Crippen LogP contribution in [0.15, 0.2) is 29.4 Å². The molecule has 1 amide bonds. The Bertz CT molecular complexity index is 657. The molecule has 7 heteroatoms. The van der Waals surface area contributed by atoms with Gasteiger partial charge in [0.25, 0.3) is 5.91 Å². The molecule has 124 valence electrons. The molecule has 0 aliphatic carbocycles. The average Bonchev–Trinajstić information content (AvgIpc) is 2.93. The molecule has 1 aromatic heterocycles. The number of carbonyl (C=O) groups excluding carboxylic acids is 1. The Balaban J connectivity index is 2.06. The second-order valence-corrected chi connectivity index (χ2v) is 5.91. The predicted molar refractivity (Wildman–Crippen MR) is 90.6 cm³/mol. The molecular weight excluding hydrogens is 312 g/mol. The van der Waals surface area contributed by atoms with Crippen molar-refractivity contribution in [1.29, 1.82) is 0 Å². The minimum atomic E-state index is -0.0774. The van der Waals surface area contributed by atoms with Gasteiger partial charge in [-0.15, -0.1) is 10.2 Å². The normalized spacial score (nSPS) is 10.7. The van der Waals surface area contributed by atoms with Crippen LogP contribution >= 0.6 is 11.8 Å². The van der Waals surface area contributed by atoms with E-state index in [2.05, 4.69) is 27.0 Å². The lowest BCUT2D eigenvalue weighted by molar-refractivity contribution is 0.0936. The van der Waals surface area contributed by atoms with Gasteiger partial charge in [-0.3, -0.25) is 4.79 Å². The lowest BCUT2D eigenvalue weighted by atomic mass is 10.1. The van der Waals surface area contributed by atoms with Crippen LogP contribution in [0.5, 0.6) is 0 Å². The minimum absolute atomic E-state index is 0.0774. The highest BCUT2D eigenvalue weighted by atomic mass is 32.2. The largest absolute Gasteiger partial charge is 0.383 e. The molecular formula is C16H22N4O2S. The number of ether oxygens (including phenoxy) is 1. The summed E-state index contributed by atoms with van der Waals surface area (Å²) in [6.07, 6.45) is 0. The van der Waals surface area contributed by atoms with Crippen LogP contribution in [0, 0.1) is 6.92 Å². The number of nitrogens with zero attached hydrogens (tertiary/aromatic N) is 3. The van der Waals surface area contributed by atoms with E-state index in [9.17, 15) is 4.79 Å². The number of aromatic nitrogens is 3. The summed E-state index contributed by atoms with van der Waals surface area (Å²) in [6, 6.07) is 7.63. The molecule has 6 nitrogen and oxygen atoms in total. The first-order chi connectivity index (χ1) is 11.2. The van der Waals surface area contributed by atoms with Crippen LogP contribution in [-0.4, -0.2) is 40.9 Å². The Morgan fingerprint density at radius 2 is 2.13 bits per heavy atom. The summed E-state index contributed by atoms with van der Waals surface area (Å²) in [5.41, 5.74) is 1.67. The summed E-state index contributed by atoms with van der Waals surface area (Å²) in [4.78, 5) is 12.3. The van der Waals surface area contributed by atoms with Gasteiger partial charge in [-0.05, 0) is 25.5 Å². The lowest BCUT2D eigenvalue weighted by Gasteiger charge is -2.10. The number of nitrogens with one attached hydrogen (secondary N) is 1. The van der Waals surface area contributed by atoms with Crippen LogP contribution < -0.4 is 5.32 Å². The lowest BCUT2D eigenvalue weighted by Crippen LogP contribution is -2.27. The zero-order valence-corrected chi connectivity index (χ0v) is 14.5. The number of hydrogen-bond acceptors (Lipinski definition) is 5. The highest BCUT2D eigenvalue weighted by Crippen LogP contribution is 2.23. The number of thioether (sulfide) groups is 1. The third-order valence-corrected chi connectivity index (χ3v) is 4.44. The fourth-order valence-corrected chi connectivity index (χ4v) is 3.26. The molecule has 0 saturated carbocycles. The Hall–Kier alpha value is -1.86. The number of hydrogen-bond donors (Lipinski definition) is 1. The average molecular weight is 334 g/mol. The first-order valence-electron chi connectivity index (χ1n) is 7.55. The van der Waals surface area contributed by atoms with Crippen LogP contribution in [0.2, 0.25) is 0 Å². The Labute approximate surface area is 140 Å².